The van der Waals surface area contributed by atoms with E-state index in [0.717, 1.165) is 4.57 Å². The monoisotopic (exact) mass is 490 g/mol. The first kappa shape index (κ1) is 26.5. The minimum atomic E-state index is -1.46. The predicted octanol–water partition coefficient (Wildman–Crippen LogP) is -1.37. The lowest BCUT2D eigenvalue weighted by Gasteiger charge is -2.27. The van der Waals surface area contributed by atoms with Crippen molar-refractivity contribution >= 4 is 30.0 Å². The Bertz CT molecular complexity index is 981. The normalized spacial score (nSPS) is 21.3. The van der Waals surface area contributed by atoms with Crippen LogP contribution in [0, 0.1) is 5.82 Å². The minimum Gasteiger partial charge on any atom is -0.461 e. The zero-order chi connectivity index (χ0) is 24.8. The Labute approximate surface area is 192 Å². The Morgan fingerprint density at radius 1 is 1.48 bits per heavy atom. The molecule has 1 aliphatic rings. The van der Waals surface area contributed by atoms with Gasteiger partial charge in [0.1, 0.15) is 30.5 Å². The lowest BCUT2D eigenvalue weighted by Crippen LogP contribution is -2.56. The average Bonchev–Trinajstić information content (AvgIpc) is 3.11. The van der Waals surface area contributed by atoms with E-state index in [1.54, 1.807) is 4.98 Å². The molecule has 4 atom stereocenters. The summed E-state index contributed by atoms with van der Waals surface area (Å²) in [7, 11) is 0. The fourth-order valence-electron chi connectivity index (χ4n) is 3.10. The molecule has 33 heavy (non-hydrogen) atoms. The van der Waals surface area contributed by atoms with Crippen LogP contribution < -0.4 is 21.9 Å². The summed E-state index contributed by atoms with van der Waals surface area (Å²) in [6, 6.07) is -0.821. The summed E-state index contributed by atoms with van der Waals surface area (Å²) < 4.78 is 25.0. The van der Waals surface area contributed by atoms with Crippen molar-refractivity contribution in [2.45, 2.75) is 56.7 Å². The molecular formula is C19H27FN4O8S. The number of esters is 1. The van der Waals surface area contributed by atoms with E-state index >= 15 is 0 Å². The number of rotatable bonds is 11. The largest absolute Gasteiger partial charge is 0.461 e. The van der Waals surface area contributed by atoms with Gasteiger partial charge in [-0.05, 0) is 32.3 Å². The molecule has 12 nitrogen and oxygen atoms in total. The molecule has 184 valence electrons. The van der Waals surface area contributed by atoms with Gasteiger partial charge in [0.15, 0.2) is 0 Å². The topological polar surface area (TPSA) is 169 Å². The second-order valence-electron chi connectivity index (χ2n) is 7.91. The first-order chi connectivity index (χ1) is 15.5. The van der Waals surface area contributed by atoms with E-state index in [2.05, 4.69) is 10.6 Å². The highest BCUT2D eigenvalue weighted by atomic mass is 32.2. The second-order valence-corrected chi connectivity index (χ2v) is 8.89. The van der Waals surface area contributed by atoms with Crippen molar-refractivity contribution in [2.24, 2.45) is 0 Å². The second kappa shape index (κ2) is 11.4. The first-order valence-corrected chi connectivity index (χ1v) is 11.4. The number of aromatic nitrogens is 2. The van der Waals surface area contributed by atoms with Crippen LogP contribution in [0.1, 0.15) is 32.9 Å². The molecule has 14 heteroatoms. The molecule has 0 spiro atoms. The van der Waals surface area contributed by atoms with Crippen molar-refractivity contribution in [3.05, 3.63) is 32.9 Å². The van der Waals surface area contributed by atoms with Gasteiger partial charge in [0, 0.05) is 6.42 Å². The van der Waals surface area contributed by atoms with Crippen LogP contribution >= 0.6 is 11.8 Å². The maximum absolute atomic E-state index is 13.5. The summed E-state index contributed by atoms with van der Waals surface area (Å²) in [6.45, 7) is 2.42. The number of nitrogens with one attached hydrogen (secondary N) is 3. The number of carbonyl (C=O) groups is 3. The van der Waals surface area contributed by atoms with Crippen LogP contribution in [-0.4, -0.2) is 75.3 Å². The quantitative estimate of drug-likeness (QED) is 0.216. The number of thioether (sulfide) groups is 1. The van der Waals surface area contributed by atoms with Gasteiger partial charge in [-0.1, -0.05) is 0 Å². The number of aliphatic hydroxyl groups excluding tert-OH is 1. The van der Waals surface area contributed by atoms with Crippen LogP contribution in [0.3, 0.4) is 0 Å². The molecule has 0 bridgehead atoms. The molecular weight excluding hydrogens is 463 g/mol. The molecule has 2 heterocycles. The van der Waals surface area contributed by atoms with E-state index in [0.29, 0.717) is 24.8 Å². The van der Waals surface area contributed by atoms with E-state index in [9.17, 15) is 33.5 Å². The van der Waals surface area contributed by atoms with Gasteiger partial charge in [0.05, 0.1) is 12.3 Å². The number of carbonyl (C=O) groups excluding carboxylic acids is 3. The number of aromatic amines is 1. The van der Waals surface area contributed by atoms with Gasteiger partial charge in [-0.25, -0.2) is 9.59 Å². The molecule has 0 unspecified atom stereocenters. The number of hydrogen-bond donors (Lipinski definition) is 4. The third-order valence-electron chi connectivity index (χ3n) is 4.96. The number of halogens is 1. The van der Waals surface area contributed by atoms with Gasteiger partial charge < -0.3 is 25.2 Å². The lowest BCUT2D eigenvalue weighted by molar-refractivity contribution is -0.158. The zero-order valence-corrected chi connectivity index (χ0v) is 19.1. The van der Waals surface area contributed by atoms with Crippen molar-refractivity contribution < 1.29 is 33.4 Å². The van der Waals surface area contributed by atoms with Gasteiger partial charge in [-0.3, -0.25) is 23.9 Å². The number of nitrogens with zero attached hydrogens (tertiary/aromatic N) is 1. The molecule has 4 N–H and O–H groups in total. The molecule has 0 aromatic carbocycles. The first-order valence-electron chi connectivity index (χ1n) is 10.0. The highest BCUT2D eigenvalue weighted by Gasteiger charge is 2.39. The van der Waals surface area contributed by atoms with Gasteiger partial charge >= 0.3 is 11.7 Å². The SMILES string of the molecule is CSCC[C@H](NC=O)C(=O)NC(C)(C)C(=O)OC[C@H]1O[C@@H](n2cc(F)c(=O)[nH]c2=O)C[C@@H]1O. The number of aliphatic hydroxyl groups is 1. The van der Waals surface area contributed by atoms with Crippen LogP contribution in [0.2, 0.25) is 0 Å². The molecule has 0 saturated carbocycles. The Kier molecular flexibility index (Phi) is 9.19. The molecule has 1 aromatic heterocycles. The van der Waals surface area contributed by atoms with E-state index in [1.165, 1.54) is 25.6 Å². The minimum absolute atomic E-state index is 0.109. The molecule has 1 fully saturated rings. The van der Waals surface area contributed by atoms with E-state index in [-0.39, 0.29) is 6.42 Å². The predicted molar refractivity (Wildman–Crippen MR) is 115 cm³/mol. The van der Waals surface area contributed by atoms with Crippen LogP contribution in [0.25, 0.3) is 0 Å². The fraction of sp³-hybridized carbons (Fsp3) is 0.632. The zero-order valence-electron chi connectivity index (χ0n) is 18.3. The van der Waals surface area contributed by atoms with Crippen molar-refractivity contribution in [3.63, 3.8) is 0 Å². The standard InChI is InChI=1S/C19H27FN4O8S/c1-19(2,23-16(28)11(21-9-25)4-5-33-3)17(29)31-8-13-12(26)6-14(32-13)24-7-10(20)15(27)22-18(24)30/h7,9,11-14,26H,4-6,8H2,1-3H3,(H,21,25)(H,23,28)(H,22,27,30)/t11-,12-,13+,14+/m0/s1. The third kappa shape index (κ3) is 6.88. The molecule has 2 amide bonds. The summed E-state index contributed by atoms with van der Waals surface area (Å²) in [5, 5.41) is 15.1. The number of hydrogen-bond acceptors (Lipinski definition) is 9. The Morgan fingerprint density at radius 3 is 2.82 bits per heavy atom. The highest BCUT2D eigenvalue weighted by Crippen LogP contribution is 2.28. The number of H-pyrrole nitrogens is 1. The van der Waals surface area contributed by atoms with Gasteiger partial charge in [0.2, 0.25) is 18.1 Å². The number of amides is 2. The van der Waals surface area contributed by atoms with E-state index in [1.807, 2.05) is 6.26 Å². The van der Waals surface area contributed by atoms with Crippen molar-refractivity contribution in [1.29, 1.82) is 0 Å². The summed E-state index contributed by atoms with van der Waals surface area (Å²) in [4.78, 5) is 60.6. The van der Waals surface area contributed by atoms with Crippen LogP contribution in [0.4, 0.5) is 4.39 Å². The molecule has 0 radical (unpaired) electrons. The Hall–Kier alpha value is -2.71. The van der Waals surface area contributed by atoms with Gasteiger partial charge in [-0.2, -0.15) is 16.2 Å². The molecule has 1 aliphatic heterocycles. The number of ether oxygens (including phenoxy) is 2. The van der Waals surface area contributed by atoms with Crippen molar-refractivity contribution in [1.82, 2.24) is 20.2 Å². The van der Waals surface area contributed by atoms with Crippen LogP contribution in [0.5, 0.6) is 0 Å². The van der Waals surface area contributed by atoms with Crippen molar-refractivity contribution in [2.75, 3.05) is 18.6 Å². The van der Waals surface area contributed by atoms with E-state index in [4.69, 9.17) is 9.47 Å². The Morgan fingerprint density at radius 2 is 2.18 bits per heavy atom. The smallest absolute Gasteiger partial charge is 0.331 e. The van der Waals surface area contributed by atoms with Gasteiger partial charge in [-0.15, -0.1) is 0 Å². The molecule has 2 rings (SSSR count). The Balaban J connectivity index is 1.96. The summed E-state index contributed by atoms with van der Waals surface area (Å²) in [5.41, 5.74) is -3.55. The highest BCUT2D eigenvalue weighted by molar-refractivity contribution is 7.98. The lowest BCUT2D eigenvalue weighted by atomic mass is 10.0. The van der Waals surface area contributed by atoms with Crippen LogP contribution in [-0.2, 0) is 23.9 Å². The molecule has 1 aromatic rings. The molecule has 0 aliphatic carbocycles. The maximum Gasteiger partial charge on any atom is 0.331 e. The molecule has 1 saturated heterocycles. The van der Waals surface area contributed by atoms with Crippen molar-refractivity contribution in [3.8, 4) is 0 Å². The summed E-state index contributed by atoms with van der Waals surface area (Å²) in [6.07, 6.45) is -0.0641. The third-order valence-corrected chi connectivity index (χ3v) is 5.60. The van der Waals surface area contributed by atoms with E-state index < -0.39 is 65.6 Å². The van der Waals surface area contributed by atoms with Gasteiger partial charge in [0.25, 0.3) is 5.56 Å². The fourth-order valence-corrected chi connectivity index (χ4v) is 3.57. The summed E-state index contributed by atoms with van der Waals surface area (Å²) in [5.74, 6) is -1.96. The summed E-state index contributed by atoms with van der Waals surface area (Å²) >= 11 is 1.50. The average molecular weight is 491 g/mol. The van der Waals surface area contributed by atoms with Crippen LogP contribution in [0.15, 0.2) is 15.8 Å². The maximum atomic E-state index is 13.5.